The molecule has 264 valence electrons. The summed E-state index contributed by atoms with van der Waals surface area (Å²) in [5.41, 5.74) is 4.92. The molecule has 0 spiro atoms. The first kappa shape index (κ1) is 35.5. The van der Waals surface area contributed by atoms with Gasteiger partial charge in [-0.25, -0.2) is 0 Å². The van der Waals surface area contributed by atoms with Gasteiger partial charge in [0.1, 0.15) is 30.0 Å². The Balaban J connectivity index is 1.25. The molecule has 0 saturated carbocycles. The molecule has 52 heavy (non-hydrogen) atoms. The number of benzene rings is 6. The molecular weight excluding hydrogens is 649 g/mol. The fourth-order valence-corrected chi connectivity index (χ4v) is 6.86. The third-order valence-corrected chi connectivity index (χ3v) is 9.47. The van der Waals surface area contributed by atoms with Crippen molar-refractivity contribution in [3.05, 3.63) is 215 Å². The molecule has 6 heteroatoms. The first-order chi connectivity index (χ1) is 25.7. The monoisotopic (exact) mass is 692 g/mol. The van der Waals surface area contributed by atoms with Gasteiger partial charge in [-0.1, -0.05) is 182 Å². The molecule has 7 rings (SSSR count). The minimum absolute atomic E-state index is 0.111. The number of aliphatic hydroxyl groups excluding tert-OH is 1. The van der Waals surface area contributed by atoms with Crippen molar-refractivity contribution in [3.8, 4) is 0 Å². The van der Waals surface area contributed by atoms with Crippen molar-refractivity contribution in [2.24, 2.45) is 0 Å². The minimum Gasteiger partial charge on any atom is -0.368 e. The fourth-order valence-electron chi connectivity index (χ4n) is 6.86. The van der Waals surface area contributed by atoms with Crippen molar-refractivity contribution in [2.45, 2.75) is 56.1 Å². The summed E-state index contributed by atoms with van der Waals surface area (Å²) >= 11 is 0. The lowest BCUT2D eigenvalue weighted by atomic mass is 9.80. The SMILES string of the molecule is O[C@@H]1O[C@H]([C@@H](COC(c2ccccc2)(c2ccccc2)c2ccccc2)OCc2ccccc2)[C@H](OCc2ccccc2)[C@H]1OCc1ccccc1. The summed E-state index contributed by atoms with van der Waals surface area (Å²) in [6.45, 7) is 1.01. The molecule has 0 aromatic heterocycles. The van der Waals surface area contributed by atoms with Crippen LogP contribution in [0.25, 0.3) is 0 Å². The summed E-state index contributed by atoms with van der Waals surface area (Å²) in [5.74, 6) is 0. The van der Waals surface area contributed by atoms with Gasteiger partial charge in [0.15, 0.2) is 6.29 Å². The maximum Gasteiger partial charge on any atom is 0.184 e. The van der Waals surface area contributed by atoms with Gasteiger partial charge >= 0.3 is 0 Å². The van der Waals surface area contributed by atoms with Crippen LogP contribution in [0, 0.1) is 0 Å². The average molecular weight is 693 g/mol. The van der Waals surface area contributed by atoms with Crippen LogP contribution in [0.5, 0.6) is 0 Å². The van der Waals surface area contributed by atoms with Gasteiger partial charge in [-0.3, -0.25) is 0 Å². The molecule has 0 aliphatic carbocycles. The van der Waals surface area contributed by atoms with Crippen molar-refractivity contribution in [2.75, 3.05) is 6.61 Å². The van der Waals surface area contributed by atoms with E-state index in [1.54, 1.807) is 0 Å². The summed E-state index contributed by atoms with van der Waals surface area (Å²) in [6.07, 6.45) is -4.11. The van der Waals surface area contributed by atoms with Crippen LogP contribution in [0.1, 0.15) is 33.4 Å². The van der Waals surface area contributed by atoms with Gasteiger partial charge < -0.3 is 28.8 Å². The molecule has 0 unspecified atom stereocenters. The van der Waals surface area contributed by atoms with Crippen LogP contribution in [-0.2, 0) is 49.1 Å². The molecule has 0 radical (unpaired) electrons. The van der Waals surface area contributed by atoms with E-state index in [0.717, 1.165) is 33.4 Å². The topological polar surface area (TPSA) is 66.4 Å². The second-order valence-corrected chi connectivity index (χ2v) is 12.9. The Morgan fingerprint density at radius 3 is 1.27 bits per heavy atom. The van der Waals surface area contributed by atoms with E-state index in [1.165, 1.54) is 0 Å². The highest BCUT2D eigenvalue weighted by molar-refractivity contribution is 5.47. The van der Waals surface area contributed by atoms with Gasteiger partial charge in [0.05, 0.1) is 26.4 Å². The highest BCUT2D eigenvalue weighted by Crippen LogP contribution is 2.41. The number of hydrogen-bond donors (Lipinski definition) is 1. The zero-order valence-corrected chi connectivity index (χ0v) is 29.0. The molecule has 1 aliphatic heterocycles. The van der Waals surface area contributed by atoms with E-state index in [4.69, 9.17) is 23.7 Å². The Morgan fingerprint density at radius 1 is 0.481 bits per heavy atom. The summed E-state index contributed by atoms with van der Waals surface area (Å²) in [7, 11) is 0. The van der Waals surface area contributed by atoms with Crippen LogP contribution in [-0.4, -0.2) is 42.4 Å². The predicted molar refractivity (Wildman–Crippen MR) is 201 cm³/mol. The highest BCUT2D eigenvalue weighted by Gasteiger charge is 2.50. The Morgan fingerprint density at radius 2 is 0.846 bits per heavy atom. The van der Waals surface area contributed by atoms with E-state index in [9.17, 15) is 5.11 Å². The standard InChI is InChI=1S/C46H44O6/c47-45-44(50-33-37-23-11-3-12-24-37)43(49-32-36-21-9-2-10-22-36)42(52-45)41(48-31-35-19-7-1-8-20-35)34-51-46(38-25-13-4-14-26-38,39-27-15-5-16-28-39)40-29-17-6-18-30-40/h1-30,41-45,47H,31-34H2/t41-,42-,43+,44-,45-/m1/s1. The molecular formula is C46H44O6. The molecule has 1 N–H and O–H groups in total. The number of ether oxygens (including phenoxy) is 5. The second kappa shape index (κ2) is 17.5. The minimum atomic E-state index is -1.25. The third-order valence-electron chi connectivity index (χ3n) is 9.47. The zero-order chi connectivity index (χ0) is 35.4. The van der Waals surface area contributed by atoms with Crippen molar-refractivity contribution in [1.29, 1.82) is 0 Å². The molecule has 6 aromatic rings. The van der Waals surface area contributed by atoms with E-state index in [2.05, 4.69) is 36.4 Å². The highest BCUT2D eigenvalue weighted by atomic mass is 16.7. The molecule has 0 amide bonds. The summed E-state index contributed by atoms with van der Waals surface area (Å²) in [4.78, 5) is 0. The van der Waals surface area contributed by atoms with Crippen LogP contribution in [0.4, 0.5) is 0 Å². The first-order valence-corrected chi connectivity index (χ1v) is 17.8. The predicted octanol–water partition coefficient (Wildman–Crippen LogP) is 8.47. The molecule has 0 bridgehead atoms. The first-order valence-electron chi connectivity index (χ1n) is 17.8. The van der Waals surface area contributed by atoms with Gasteiger partial charge in [0, 0.05) is 0 Å². The van der Waals surface area contributed by atoms with Crippen molar-refractivity contribution in [3.63, 3.8) is 0 Å². The summed E-state index contributed by atoms with van der Waals surface area (Å²) in [5, 5.41) is 11.5. The number of aliphatic hydroxyl groups is 1. The lowest BCUT2D eigenvalue weighted by Gasteiger charge is -2.38. The van der Waals surface area contributed by atoms with Crippen molar-refractivity contribution in [1.82, 2.24) is 0 Å². The van der Waals surface area contributed by atoms with Crippen LogP contribution < -0.4 is 0 Å². The molecule has 1 aliphatic rings. The Kier molecular flexibility index (Phi) is 12.0. The lowest BCUT2D eigenvalue weighted by Crippen LogP contribution is -2.46. The van der Waals surface area contributed by atoms with E-state index in [0.29, 0.717) is 13.2 Å². The van der Waals surface area contributed by atoms with Gasteiger partial charge in [-0.05, 0) is 33.4 Å². The van der Waals surface area contributed by atoms with E-state index in [-0.39, 0.29) is 13.2 Å². The Labute approximate surface area is 306 Å². The summed E-state index contributed by atoms with van der Waals surface area (Å²) in [6, 6.07) is 60.6. The van der Waals surface area contributed by atoms with Crippen LogP contribution in [0.2, 0.25) is 0 Å². The molecule has 6 nitrogen and oxygen atoms in total. The van der Waals surface area contributed by atoms with Gasteiger partial charge in [0.25, 0.3) is 0 Å². The fraction of sp³-hybridized carbons (Fsp3) is 0.217. The third kappa shape index (κ3) is 8.41. The van der Waals surface area contributed by atoms with Crippen molar-refractivity contribution < 1.29 is 28.8 Å². The van der Waals surface area contributed by atoms with Gasteiger partial charge in [-0.2, -0.15) is 0 Å². The second-order valence-electron chi connectivity index (χ2n) is 12.9. The maximum absolute atomic E-state index is 11.5. The summed E-state index contributed by atoms with van der Waals surface area (Å²) < 4.78 is 33.5. The number of rotatable bonds is 16. The molecule has 1 fully saturated rings. The smallest absolute Gasteiger partial charge is 0.184 e. The lowest BCUT2D eigenvalue weighted by molar-refractivity contribution is -0.179. The van der Waals surface area contributed by atoms with E-state index >= 15 is 0 Å². The molecule has 1 heterocycles. The van der Waals surface area contributed by atoms with E-state index in [1.807, 2.05) is 146 Å². The largest absolute Gasteiger partial charge is 0.368 e. The zero-order valence-electron chi connectivity index (χ0n) is 29.0. The average Bonchev–Trinajstić information content (AvgIpc) is 3.53. The number of hydrogen-bond acceptors (Lipinski definition) is 6. The Hall–Kier alpha value is -4.92. The molecule has 5 atom stereocenters. The molecule has 6 aromatic carbocycles. The van der Waals surface area contributed by atoms with E-state index < -0.39 is 36.3 Å². The van der Waals surface area contributed by atoms with Crippen LogP contribution in [0.3, 0.4) is 0 Å². The normalized spacial score (nSPS) is 19.3. The van der Waals surface area contributed by atoms with Crippen molar-refractivity contribution >= 4 is 0 Å². The molecule has 1 saturated heterocycles. The van der Waals surface area contributed by atoms with Crippen LogP contribution >= 0.6 is 0 Å². The Bertz CT molecular complexity index is 1800. The maximum atomic E-state index is 11.5. The quantitative estimate of drug-likeness (QED) is 0.103. The van der Waals surface area contributed by atoms with Crippen LogP contribution in [0.15, 0.2) is 182 Å². The van der Waals surface area contributed by atoms with Gasteiger partial charge in [-0.15, -0.1) is 0 Å². The van der Waals surface area contributed by atoms with Gasteiger partial charge in [0.2, 0.25) is 0 Å².